The lowest BCUT2D eigenvalue weighted by atomic mass is 10.0. The Kier molecular flexibility index (Phi) is 3.43. The number of fused-ring (bicyclic) bond motifs is 2. The van der Waals surface area contributed by atoms with E-state index in [-0.39, 0.29) is 18.1 Å². The first kappa shape index (κ1) is 15.5. The molecule has 0 fully saturated rings. The molecule has 4 rings (SSSR count). The maximum Gasteiger partial charge on any atom is 0.269 e. The third kappa shape index (κ3) is 2.34. The predicted molar refractivity (Wildman–Crippen MR) is 91.6 cm³/mol. The van der Waals surface area contributed by atoms with Crippen LogP contribution in [0.25, 0.3) is 11.3 Å². The van der Waals surface area contributed by atoms with E-state index in [2.05, 4.69) is 0 Å². The van der Waals surface area contributed by atoms with Crippen molar-refractivity contribution in [3.8, 4) is 11.5 Å². The van der Waals surface area contributed by atoms with Crippen molar-refractivity contribution in [3.63, 3.8) is 0 Å². The SMILES string of the molecule is CC(=O)N1C(=O)/C(=C(/O)c2ccc3c(c2)OCO3)c2ccc(Cl)cc21. The molecule has 2 aromatic carbocycles. The first-order valence-corrected chi connectivity index (χ1v) is 7.83. The van der Waals surface area contributed by atoms with Crippen molar-refractivity contribution in [1.82, 2.24) is 0 Å². The standard InChI is InChI=1S/C18H12ClNO5/c1-9(21)20-13-7-11(19)3-4-12(13)16(18(20)23)17(22)10-2-5-14-15(6-10)25-8-24-14/h2-7,22H,8H2,1H3/b17-16+. The Balaban J connectivity index is 1.91. The van der Waals surface area contributed by atoms with Crippen LogP contribution >= 0.6 is 11.6 Å². The number of aliphatic hydroxyl groups is 1. The van der Waals surface area contributed by atoms with Gasteiger partial charge in [0.05, 0.1) is 11.3 Å². The van der Waals surface area contributed by atoms with E-state index in [0.717, 1.165) is 4.90 Å². The second kappa shape index (κ2) is 5.53. The topological polar surface area (TPSA) is 76.1 Å². The number of carbonyl (C=O) groups excluding carboxylic acids is 2. The molecule has 0 aromatic heterocycles. The van der Waals surface area contributed by atoms with Crippen LogP contribution in [0.5, 0.6) is 11.5 Å². The summed E-state index contributed by atoms with van der Waals surface area (Å²) in [6.07, 6.45) is 0. The quantitative estimate of drug-likeness (QED) is 0.625. The zero-order valence-corrected chi connectivity index (χ0v) is 13.8. The Hall–Kier alpha value is -2.99. The lowest BCUT2D eigenvalue weighted by Gasteiger charge is -2.12. The smallest absolute Gasteiger partial charge is 0.269 e. The molecule has 2 amide bonds. The summed E-state index contributed by atoms with van der Waals surface area (Å²) in [5.41, 5.74) is 1.23. The molecule has 2 heterocycles. The van der Waals surface area contributed by atoms with E-state index < -0.39 is 11.8 Å². The maximum atomic E-state index is 12.8. The van der Waals surface area contributed by atoms with Crippen LogP contribution in [0.3, 0.4) is 0 Å². The Morgan fingerprint density at radius 3 is 2.68 bits per heavy atom. The molecule has 0 spiro atoms. The van der Waals surface area contributed by atoms with Gasteiger partial charge in [-0.25, -0.2) is 4.90 Å². The highest BCUT2D eigenvalue weighted by atomic mass is 35.5. The van der Waals surface area contributed by atoms with Crippen molar-refractivity contribution in [2.45, 2.75) is 6.92 Å². The minimum absolute atomic E-state index is 0.0423. The van der Waals surface area contributed by atoms with Gasteiger partial charge in [-0.3, -0.25) is 9.59 Å². The highest BCUT2D eigenvalue weighted by Gasteiger charge is 2.38. The summed E-state index contributed by atoms with van der Waals surface area (Å²) in [7, 11) is 0. The van der Waals surface area contributed by atoms with Crippen LogP contribution in [0.1, 0.15) is 18.1 Å². The molecule has 0 bridgehead atoms. The number of anilines is 1. The van der Waals surface area contributed by atoms with Gasteiger partial charge in [0.25, 0.3) is 5.91 Å². The van der Waals surface area contributed by atoms with E-state index in [9.17, 15) is 14.7 Å². The van der Waals surface area contributed by atoms with Crippen molar-refractivity contribution in [1.29, 1.82) is 0 Å². The zero-order valence-electron chi connectivity index (χ0n) is 13.1. The summed E-state index contributed by atoms with van der Waals surface area (Å²) in [6.45, 7) is 1.39. The second-order valence-corrected chi connectivity index (χ2v) is 6.05. The number of ether oxygens (including phenoxy) is 2. The second-order valence-electron chi connectivity index (χ2n) is 5.61. The van der Waals surface area contributed by atoms with Gasteiger partial charge in [-0.05, 0) is 30.3 Å². The third-order valence-corrected chi connectivity index (χ3v) is 4.32. The van der Waals surface area contributed by atoms with Gasteiger partial charge < -0.3 is 14.6 Å². The maximum absolute atomic E-state index is 12.8. The average molecular weight is 358 g/mol. The molecule has 2 aliphatic heterocycles. The number of benzene rings is 2. The van der Waals surface area contributed by atoms with E-state index in [1.54, 1.807) is 30.3 Å². The highest BCUT2D eigenvalue weighted by Crippen LogP contribution is 2.42. The Bertz CT molecular complexity index is 966. The molecule has 25 heavy (non-hydrogen) atoms. The van der Waals surface area contributed by atoms with E-state index in [4.69, 9.17) is 21.1 Å². The molecule has 1 N–H and O–H groups in total. The summed E-state index contributed by atoms with van der Waals surface area (Å²) in [5.74, 6) is -0.246. The fraction of sp³-hybridized carbons (Fsp3) is 0.111. The summed E-state index contributed by atoms with van der Waals surface area (Å²) in [5, 5.41) is 11.1. The van der Waals surface area contributed by atoms with Crippen molar-refractivity contribution < 1.29 is 24.2 Å². The minimum atomic E-state index is -0.597. The largest absolute Gasteiger partial charge is 0.506 e. The number of carbonyl (C=O) groups is 2. The van der Waals surface area contributed by atoms with Crippen molar-refractivity contribution in [2.75, 3.05) is 11.7 Å². The number of imide groups is 1. The first-order chi connectivity index (χ1) is 12.0. The van der Waals surface area contributed by atoms with Gasteiger partial charge in [-0.15, -0.1) is 0 Å². The molecule has 0 aliphatic carbocycles. The van der Waals surface area contributed by atoms with Crippen molar-refractivity contribution in [3.05, 3.63) is 52.5 Å². The van der Waals surface area contributed by atoms with E-state index in [0.29, 0.717) is 33.3 Å². The zero-order chi connectivity index (χ0) is 17.7. The molecule has 0 saturated heterocycles. The van der Waals surface area contributed by atoms with Crippen LogP contribution in [-0.2, 0) is 9.59 Å². The van der Waals surface area contributed by atoms with Gasteiger partial charge in [0, 0.05) is 23.1 Å². The number of amides is 2. The van der Waals surface area contributed by atoms with Crippen LogP contribution in [-0.4, -0.2) is 23.7 Å². The molecule has 6 nitrogen and oxygen atoms in total. The summed E-state index contributed by atoms with van der Waals surface area (Å²) >= 11 is 5.99. The number of rotatable bonds is 1. The van der Waals surface area contributed by atoms with Crippen LogP contribution in [0.2, 0.25) is 5.02 Å². The summed E-state index contributed by atoms with van der Waals surface area (Å²) in [4.78, 5) is 25.7. The Labute approximate surface area is 147 Å². The molecule has 0 unspecified atom stereocenters. The minimum Gasteiger partial charge on any atom is -0.506 e. The lowest BCUT2D eigenvalue weighted by molar-refractivity contribution is -0.122. The van der Waals surface area contributed by atoms with Crippen LogP contribution < -0.4 is 14.4 Å². The fourth-order valence-corrected chi connectivity index (χ4v) is 3.13. The summed E-state index contributed by atoms with van der Waals surface area (Å²) in [6, 6.07) is 9.59. The van der Waals surface area contributed by atoms with Gasteiger partial charge in [0.2, 0.25) is 12.7 Å². The fourth-order valence-electron chi connectivity index (χ4n) is 2.97. The molecule has 0 radical (unpaired) electrons. The normalized spacial score (nSPS) is 16.9. The number of nitrogens with zero attached hydrogens (tertiary/aromatic N) is 1. The number of aliphatic hydroxyl groups excluding tert-OH is 1. The molecule has 126 valence electrons. The van der Waals surface area contributed by atoms with Crippen LogP contribution in [0.15, 0.2) is 36.4 Å². The average Bonchev–Trinajstić information content (AvgIpc) is 3.14. The van der Waals surface area contributed by atoms with E-state index in [1.165, 1.54) is 13.0 Å². The molecule has 0 saturated carbocycles. The lowest BCUT2D eigenvalue weighted by Crippen LogP contribution is -2.31. The van der Waals surface area contributed by atoms with E-state index in [1.807, 2.05) is 0 Å². The predicted octanol–water partition coefficient (Wildman–Crippen LogP) is 3.39. The van der Waals surface area contributed by atoms with Crippen LogP contribution in [0, 0.1) is 0 Å². The third-order valence-electron chi connectivity index (χ3n) is 4.08. The van der Waals surface area contributed by atoms with Gasteiger partial charge in [0.15, 0.2) is 11.5 Å². The highest BCUT2D eigenvalue weighted by molar-refractivity contribution is 6.43. The van der Waals surface area contributed by atoms with E-state index >= 15 is 0 Å². The molecule has 0 atom stereocenters. The van der Waals surface area contributed by atoms with Crippen LogP contribution in [0.4, 0.5) is 5.69 Å². The van der Waals surface area contributed by atoms with Gasteiger partial charge in [-0.1, -0.05) is 17.7 Å². The molecule has 2 aromatic rings. The Morgan fingerprint density at radius 1 is 1.16 bits per heavy atom. The van der Waals surface area contributed by atoms with Crippen molar-refractivity contribution in [2.24, 2.45) is 0 Å². The monoisotopic (exact) mass is 357 g/mol. The molecule has 2 aliphatic rings. The molecular formula is C18H12ClNO5. The first-order valence-electron chi connectivity index (χ1n) is 7.45. The van der Waals surface area contributed by atoms with Gasteiger partial charge >= 0.3 is 0 Å². The summed E-state index contributed by atoms with van der Waals surface area (Å²) < 4.78 is 10.5. The number of halogens is 1. The number of hydrogen-bond donors (Lipinski definition) is 1. The Morgan fingerprint density at radius 2 is 1.92 bits per heavy atom. The van der Waals surface area contributed by atoms with Gasteiger partial charge in [-0.2, -0.15) is 0 Å². The molecular weight excluding hydrogens is 346 g/mol. The number of hydrogen-bond acceptors (Lipinski definition) is 5. The van der Waals surface area contributed by atoms with Crippen molar-refractivity contribution >= 4 is 40.4 Å². The van der Waals surface area contributed by atoms with Gasteiger partial charge in [0.1, 0.15) is 5.76 Å². The molecule has 7 heteroatoms.